The van der Waals surface area contributed by atoms with Crippen LogP contribution in [0.2, 0.25) is 10.2 Å². The van der Waals surface area contributed by atoms with Crippen LogP contribution in [0.5, 0.6) is 0 Å². The van der Waals surface area contributed by atoms with Gasteiger partial charge in [-0.25, -0.2) is 9.67 Å². The second-order valence-corrected chi connectivity index (χ2v) is 5.76. The van der Waals surface area contributed by atoms with E-state index in [1.54, 1.807) is 24.0 Å². The lowest BCUT2D eigenvalue weighted by molar-refractivity contribution is 0.565. The Morgan fingerprint density at radius 2 is 2.22 bits per heavy atom. The van der Waals surface area contributed by atoms with Gasteiger partial charge in [0.05, 0.1) is 6.04 Å². The highest BCUT2D eigenvalue weighted by molar-refractivity contribution is 7.98. The third kappa shape index (κ3) is 2.60. The van der Waals surface area contributed by atoms with E-state index in [-0.39, 0.29) is 0 Å². The molecule has 1 aliphatic rings. The molecule has 94 valence electrons. The van der Waals surface area contributed by atoms with Crippen LogP contribution in [0.4, 0.5) is 0 Å². The van der Waals surface area contributed by atoms with E-state index in [4.69, 9.17) is 23.2 Å². The number of rotatable bonds is 4. The standard InChI is InChI=1S/C10H9Cl2N5S/c11-8-3-9(12)13-4-6(8)5-18-10-14-15-16-17(10)7-1-2-7/h3-4,7H,1-2,5H2. The summed E-state index contributed by atoms with van der Waals surface area (Å²) in [5.41, 5.74) is 0.927. The molecule has 0 radical (unpaired) electrons. The van der Waals surface area contributed by atoms with Gasteiger partial charge < -0.3 is 0 Å². The minimum absolute atomic E-state index is 0.400. The second-order valence-electron chi connectivity index (χ2n) is 4.02. The van der Waals surface area contributed by atoms with Crippen molar-refractivity contribution in [3.63, 3.8) is 0 Å². The number of thioether (sulfide) groups is 1. The summed E-state index contributed by atoms with van der Waals surface area (Å²) in [4.78, 5) is 4.02. The van der Waals surface area contributed by atoms with E-state index in [0.717, 1.165) is 23.6 Å². The molecule has 0 aromatic carbocycles. The molecule has 1 aliphatic carbocycles. The Labute approximate surface area is 118 Å². The van der Waals surface area contributed by atoms with Crippen molar-refractivity contribution in [2.75, 3.05) is 0 Å². The fourth-order valence-corrected chi connectivity index (χ4v) is 2.95. The van der Waals surface area contributed by atoms with Crippen LogP contribution in [0.15, 0.2) is 17.4 Å². The Morgan fingerprint density at radius 1 is 1.39 bits per heavy atom. The van der Waals surface area contributed by atoms with Crippen molar-refractivity contribution in [1.29, 1.82) is 0 Å². The summed E-state index contributed by atoms with van der Waals surface area (Å²) in [5, 5.41) is 13.6. The first-order chi connectivity index (χ1) is 8.74. The predicted molar refractivity (Wildman–Crippen MR) is 69.9 cm³/mol. The first-order valence-corrected chi connectivity index (χ1v) is 7.19. The smallest absolute Gasteiger partial charge is 0.209 e. The number of hydrogen-bond acceptors (Lipinski definition) is 5. The molecule has 0 N–H and O–H groups in total. The van der Waals surface area contributed by atoms with E-state index in [1.807, 2.05) is 4.68 Å². The zero-order valence-corrected chi connectivity index (χ0v) is 11.6. The van der Waals surface area contributed by atoms with Gasteiger partial charge in [-0.05, 0) is 34.9 Å². The van der Waals surface area contributed by atoms with E-state index in [0.29, 0.717) is 22.0 Å². The van der Waals surface area contributed by atoms with E-state index < -0.39 is 0 Å². The number of halogens is 2. The third-order valence-electron chi connectivity index (χ3n) is 2.61. The summed E-state index contributed by atoms with van der Waals surface area (Å²) in [5.74, 6) is 0.677. The minimum atomic E-state index is 0.400. The van der Waals surface area contributed by atoms with E-state index in [2.05, 4.69) is 20.5 Å². The second kappa shape index (κ2) is 5.03. The lowest BCUT2D eigenvalue weighted by Crippen LogP contribution is -1.99. The molecule has 0 unspecified atom stereocenters. The molecule has 0 aliphatic heterocycles. The van der Waals surface area contributed by atoms with Gasteiger partial charge in [-0.2, -0.15) is 0 Å². The first-order valence-electron chi connectivity index (χ1n) is 5.44. The maximum Gasteiger partial charge on any atom is 0.209 e. The van der Waals surface area contributed by atoms with Crippen molar-refractivity contribution in [2.45, 2.75) is 29.8 Å². The Balaban J connectivity index is 1.71. The molecule has 2 heterocycles. The number of nitrogens with zero attached hydrogens (tertiary/aromatic N) is 5. The summed E-state index contributed by atoms with van der Waals surface area (Å²) in [7, 11) is 0. The van der Waals surface area contributed by atoms with Gasteiger partial charge in [0.25, 0.3) is 0 Å². The van der Waals surface area contributed by atoms with Crippen LogP contribution in [0.3, 0.4) is 0 Å². The number of hydrogen-bond donors (Lipinski definition) is 0. The monoisotopic (exact) mass is 301 g/mol. The normalized spacial score (nSPS) is 15.0. The molecule has 0 bridgehead atoms. The molecule has 5 nitrogen and oxygen atoms in total. The molecular weight excluding hydrogens is 293 g/mol. The summed E-state index contributed by atoms with van der Waals surface area (Å²) in [6, 6.07) is 2.12. The predicted octanol–water partition coefficient (Wildman–Crippen LogP) is 3.00. The number of aromatic nitrogens is 5. The maximum absolute atomic E-state index is 6.09. The minimum Gasteiger partial charge on any atom is -0.244 e. The quantitative estimate of drug-likeness (QED) is 0.642. The lowest BCUT2D eigenvalue weighted by Gasteiger charge is -2.04. The molecule has 1 saturated carbocycles. The van der Waals surface area contributed by atoms with Crippen molar-refractivity contribution in [3.05, 3.63) is 28.0 Å². The fraction of sp³-hybridized carbons (Fsp3) is 0.400. The van der Waals surface area contributed by atoms with Crippen molar-refractivity contribution >= 4 is 35.0 Å². The van der Waals surface area contributed by atoms with Gasteiger partial charge in [0.1, 0.15) is 5.15 Å². The largest absolute Gasteiger partial charge is 0.244 e. The molecular formula is C10H9Cl2N5S. The fourth-order valence-electron chi connectivity index (χ4n) is 1.51. The Bertz CT molecular complexity index is 569. The Morgan fingerprint density at radius 3 is 2.94 bits per heavy atom. The molecule has 0 amide bonds. The molecule has 8 heteroatoms. The zero-order valence-electron chi connectivity index (χ0n) is 9.25. The SMILES string of the molecule is Clc1cc(Cl)c(CSc2nnnn2C2CC2)cn1. The van der Waals surface area contributed by atoms with Gasteiger partial charge in [-0.1, -0.05) is 35.0 Å². The topological polar surface area (TPSA) is 56.5 Å². The molecule has 2 aromatic heterocycles. The highest BCUT2D eigenvalue weighted by Gasteiger charge is 2.27. The molecule has 0 atom stereocenters. The zero-order chi connectivity index (χ0) is 12.5. The van der Waals surface area contributed by atoms with Crippen molar-refractivity contribution in [1.82, 2.24) is 25.2 Å². The summed E-state index contributed by atoms with van der Waals surface area (Å²) in [6.45, 7) is 0. The Hall–Kier alpha value is -0.850. The van der Waals surface area contributed by atoms with E-state index in [9.17, 15) is 0 Å². The molecule has 0 spiro atoms. The molecule has 0 saturated heterocycles. The third-order valence-corrected chi connectivity index (χ3v) is 4.15. The van der Waals surface area contributed by atoms with Crippen molar-refractivity contribution < 1.29 is 0 Å². The van der Waals surface area contributed by atoms with E-state index in [1.165, 1.54) is 0 Å². The van der Waals surface area contributed by atoms with Crippen LogP contribution >= 0.6 is 35.0 Å². The van der Waals surface area contributed by atoms with Crippen LogP contribution in [-0.2, 0) is 5.75 Å². The van der Waals surface area contributed by atoms with Crippen LogP contribution in [0.25, 0.3) is 0 Å². The van der Waals surface area contributed by atoms with Gasteiger partial charge in [0.15, 0.2) is 0 Å². The maximum atomic E-state index is 6.09. The first kappa shape index (κ1) is 12.2. The van der Waals surface area contributed by atoms with Gasteiger partial charge >= 0.3 is 0 Å². The number of tetrazole rings is 1. The van der Waals surface area contributed by atoms with Gasteiger partial charge in [-0.3, -0.25) is 0 Å². The molecule has 18 heavy (non-hydrogen) atoms. The van der Waals surface area contributed by atoms with Crippen molar-refractivity contribution in [3.8, 4) is 0 Å². The van der Waals surface area contributed by atoms with Crippen LogP contribution in [0.1, 0.15) is 24.4 Å². The van der Waals surface area contributed by atoms with Crippen molar-refractivity contribution in [2.24, 2.45) is 0 Å². The van der Waals surface area contributed by atoms with Crippen LogP contribution in [0, 0.1) is 0 Å². The molecule has 2 aromatic rings. The Kier molecular flexibility index (Phi) is 3.41. The highest BCUT2D eigenvalue weighted by Crippen LogP contribution is 2.37. The lowest BCUT2D eigenvalue weighted by atomic mass is 10.3. The van der Waals surface area contributed by atoms with E-state index >= 15 is 0 Å². The molecule has 3 rings (SSSR count). The summed E-state index contributed by atoms with van der Waals surface area (Å²) in [6.07, 6.45) is 3.99. The van der Waals surface area contributed by atoms with Crippen LogP contribution < -0.4 is 0 Å². The van der Waals surface area contributed by atoms with Crippen LogP contribution in [-0.4, -0.2) is 25.2 Å². The summed E-state index contributed by atoms with van der Waals surface area (Å²) >= 11 is 13.4. The van der Waals surface area contributed by atoms with Gasteiger partial charge in [0.2, 0.25) is 5.16 Å². The van der Waals surface area contributed by atoms with Gasteiger partial charge in [0, 0.05) is 17.0 Å². The average molecular weight is 302 g/mol. The average Bonchev–Trinajstić information content (AvgIpc) is 3.08. The number of pyridine rings is 1. The summed E-state index contributed by atoms with van der Waals surface area (Å²) < 4.78 is 1.88. The highest BCUT2D eigenvalue weighted by atomic mass is 35.5. The van der Waals surface area contributed by atoms with Gasteiger partial charge in [-0.15, -0.1) is 5.10 Å². The molecule has 1 fully saturated rings.